The number of hydrogen-bond acceptors (Lipinski definition) is 2. The van der Waals surface area contributed by atoms with Gasteiger partial charge >= 0.3 is 0 Å². The largest absolute Gasteiger partial charge is 0.314 e. The summed E-state index contributed by atoms with van der Waals surface area (Å²) in [6.07, 6.45) is 5.53. The number of hydrogen-bond donors (Lipinski definition) is 1. The molecule has 78 valence electrons. The second-order valence-electron chi connectivity index (χ2n) is 3.96. The predicted octanol–water partition coefficient (Wildman–Crippen LogP) is 1.86. The Bertz CT molecular complexity index is 115. The summed E-state index contributed by atoms with van der Waals surface area (Å²) in [5.41, 5.74) is 0. The molecule has 1 heterocycles. The van der Waals surface area contributed by atoms with Crippen molar-refractivity contribution in [1.29, 1.82) is 0 Å². The van der Waals surface area contributed by atoms with Gasteiger partial charge in [0.05, 0.1) is 0 Å². The summed E-state index contributed by atoms with van der Waals surface area (Å²) in [6.45, 7) is 9.40. The van der Waals surface area contributed by atoms with Crippen LogP contribution < -0.4 is 5.32 Å². The number of nitrogens with zero attached hydrogens (tertiary/aromatic N) is 1. The van der Waals surface area contributed by atoms with Crippen molar-refractivity contribution in [2.45, 2.75) is 45.6 Å². The normalized spacial score (nSPS) is 23.8. The van der Waals surface area contributed by atoms with E-state index in [2.05, 4.69) is 24.1 Å². The van der Waals surface area contributed by atoms with Crippen molar-refractivity contribution in [2.24, 2.45) is 0 Å². The van der Waals surface area contributed by atoms with E-state index in [0.717, 1.165) is 6.04 Å². The standard InChI is InChI=1S/C11H24N2/c1-3-13(4-2)10-8-11-7-5-6-9-12-11/h11-12H,3-10H2,1-2H3/t11-/m0/s1. The second-order valence-corrected chi connectivity index (χ2v) is 3.96. The zero-order valence-corrected chi connectivity index (χ0v) is 9.18. The molecule has 0 bridgehead atoms. The van der Waals surface area contributed by atoms with Crippen LogP contribution in [-0.2, 0) is 0 Å². The maximum atomic E-state index is 3.60. The van der Waals surface area contributed by atoms with E-state index in [0.29, 0.717) is 0 Å². The monoisotopic (exact) mass is 184 g/mol. The number of nitrogens with one attached hydrogen (secondary N) is 1. The van der Waals surface area contributed by atoms with Gasteiger partial charge in [-0.1, -0.05) is 20.3 Å². The molecule has 1 N–H and O–H groups in total. The molecule has 1 rings (SSSR count). The maximum Gasteiger partial charge on any atom is 0.00792 e. The molecule has 0 aromatic carbocycles. The highest BCUT2D eigenvalue weighted by Crippen LogP contribution is 2.10. The van der Waals surface area contributed by atoms with Gasteiger partial charge < -0.3 is 10.2 Å². The third kappa shape index (κ3) is 4.10. The molecule has 0 unspecified atom stereocenters. The molecule has 0 amide bonds. The van der Waals surface area contributed by atoms with Crippen LogP contribution in [0.5, 0.6) is 0 Å². The lowest BCUT2D eigenvalue weighted by atomic mass is 10.0. The molecule has 2 heteroatoms. The minimum atomic E-state index is 0.800. The van der Waals surface area contributed by atoms with Crippen molar-refractivity contribution >= 4 is 0 Å². The number of rotatable bonds is 5. The SMILES string of the molecule is CCN(CC)CC[C@@H]1CCCCN1. The van der Waals surface area contributed by atoms with E-state index in [1.165, 1.54) is 51.9 Å². The van der Waals surface area contributed by atoms with Crippen LogP contribution in [0.15, 0.2) is 0 Å². The summed E-state index contributed by atoms with van der Waals surface area (Å²) >= 11 is 0. The van der Waals surface area contributed by atoms with Crippen molar-refractivity contribution < 1.29 is 0 Å². The molecule has 2 nitrogen and oxygen atoms in total. The highest BCUT2D eigenvalue weighted by molar-refractivity contribution is 4.73. The first-order chi connectivity index (χ1) is 6.36. The van der Waals surface area contributed by atoms with Crippen LogP contribution in [0, 0.1) is 0 Å². The Morgan fingerprint density at radius 2 is 2.00 bits per heavy atom. The van der Waals surface area contributed by atoms with E-state index >= 15 is 0 Å². The quantitative estimate of drug-likeness (QED) is 0.701. The van der Waals surface area contributed by atoms with Crippen LogP contribution in [0.3, 0.4) is 0 Å². The van der Waals surface area contributed by atoms with Gasteiger partial charge in [0.1, 0.15) is 0 Å². The van der Waals surface area contributed by atoms with Gasteiger partial charge in [-0.3, -0.25) is 0 Å². The Hall–Kier alpha value is -0.0800. The van der Waals surface area contributed by atoms with Crippen LogP contribution >= 0.6 is 0 Å². The molecule has 0 aliphatic carbocycles. The molecule has 0 aromatic heterocycles. The Morgan fingerprint density at radius 3 is 2.54 bits per heavy atom. The van der Waals surface area contributed by atoms with E-state index in [1.54, 1.807) is 0 Å². The summed E-state index contributed by atoms with van der Waals surface area (Å²) < 4.78 is 0. The average molecular weight is 184 g/mol. The third-order valence-electron chi connectivity index (χ3n) is 3.10. The first-order valence-electron chi connectivity index (χ1n) is 5.82. The van der Waals surface area contributed by atoms with Crippen molar-refractivity contribution in [1.82, 2.24) is 10.2 Å². The van der Waals surface area contributed by atoms with Crippen LogP contribution in [0.2, 0.25) is 0 Å². The Kier molecular flexibility index (Phi) is 5.40. The fourth-order valence-electron chi connectivity index (χ4n) is 2.05. The zero-order chi connectivity index (χ0) is 9.52. The van der Waals surface area contributed by atoms with E-state index in [9.17, 15) is 0 Å². The molecule has 1 atom stereocenters. The Balaban J connectivity index is 2.09. The molecular formula is C11H24N2. The summed E-state index contributed by atoms with van der Waals surface area (Å²) in [5, 5.41) is 3.60. The van der Waals surface area contributed by atoms with Crippen molar-refractivity contribution in [3.8, 4) is 0 Å². The van der Waals surface area contributed by atoms with E-state index in [1.807, 2.05) is 0 Å². The molecule has 0 aromatic rings. The fraction of sp³-hybridized carbons (Fsp3) is 1.00. The van der Waals surface area contributed by atoms with Crippen LogP contribution in [0.4, 0.5) is 0 Å². The molecule has 1 fully saturated rings. The lowest BCUT2D eigenvalue weighted by molar-refractivity contribution is 0.267. The Morgan fingerprint density at radius 1 is 1.23 bits per heavy atom. The van der Waals surface area contributed by atoms with Gasteiger partial charge in [0.25, 0.3) is 0 Å². The molecule has 1 aliphatic rings. The summed E-state index contributed by atoms with van der Waals surface area (Å²) in [7, 11) is 0. The fourth-order valence-corrected chi connectivity index (χ4v) is 2.05. The lowest BCUT2D eigenvalue weighted by Gasteiger charge is -2.26. The zero-order valence-electron chi connectivity index (χ0n) is 9.18. The molecule has 0 spiro atoms. The van der Waals surface area contributed by atoms with Crippen molar-refractivity contribution in [3.05, 3.63) is 0 Å². The molecule has 1 aliphatic heterocycles. The first kappa shape index (κ1) is 11.0. The summed E-state index contributed by atoms with van der Waals surface area (Å²) in [5.74, 6) is 0. The highest BCUT2D eigenvalue weighted by Gasteiger charge is 2.12. The molecular weight excluding hydrogens is 160 g/mol. The van der Waals surface area contributed by atoms with Crippen molar-refractivity contribution in [3.63, 3.8) is 0 Å². The van der Waals surface area contributed by atoms with E-state index in [-0.39, 0.29) is 0 Å². The van der Waals surface area contributed by atoms with Gasteiger partial charge in [-0.15, -0.1) is 0 Å². The maximum absolute atomic E-state index is 3.60. The number of piperidine rings is 1. The summed E-state index contributed by atoms with van der Waals surface area (Å²) in [4.78, 5) is 2.51. The molecule has 1 saturated heterocycles. The summed E-state index contributed by atoms with van der Waals surface area (Å²) in [6, 6.07) is 0.800. The van der Waals surface area contributed by atoms with Gasteiger partial charge in [-0.25, -0.2) is 0 Å². The van der Waals surface area contributed by atoms with Crippen LogP contribution in [0.1, 0.15) is 39.5 Å². The van der Waals surface area contributed by atoms with Crippen LogP contribution in [0.25, 0.3) is 0 Å². The lowest BCUT2D eigenvalue weighted by Crippen LogP contribution is -2.37. The predicted molar refractivity (Wildman–Crippen MR) is 58.0 cm³/mol. The van der Waals surface area contributed by atoms with E-state index in [4.69, 9.17) is 0 Å². The van der Waals surface area contributed by atoms with Gasteiger partial charge in [0.2, 0.25) is 0 Å². The van der Waals surface area contributed by atoms with Gasteiger partial charge in [-0.2, -0.15) is 0 Å². The Labute approximate surface area is 82.7 Å². The van der Waals surface area contributed by atoms with Gasteiger partial charge in [0.15, 0.2) is 0 Å². The highest BCUT2D eigenvalue weighted by atomic mass is 15.1. The van der Waals surface area contributed by atoms with E-state index < -0.39 is 0 Å². The average Bonchev–Trinajstić information content (AvgIpc) is 2.21. The molecule has 0 saturated carbocycles. The smallest absolute Gasteiger partial charge is 0.00792 e. The molecule has 13 heavy (non-hydrogen) atoms. The first-order valence-corrected chi connectivity index (χ1v) is 5.82. The minimum absolute atomic E-state index is 0.800. The second kappa shape index (κ2) is 6.39. The van der Waals surface area contributed by atoms with Crippen LogP contribution in [-0.4, -0.2) is 37.1 Å². The topological polar surface area (TPSA) is 15.3 Å². The van der Waals surface area contributed by atoms with Crippen molar-refractivity contribution in [2.75, 3.05) is 26.2 Å². The van der Waals surface area contributed by atoms with Gasteiger partial charge in [0, 0.05) is 6.04 Å². The molecule has 0 radical (unpaired) electrons. The third-order valence-corrected chi connectivity index (χ3v) is 3.10. The minimum Gasteiger partial charge on any atom is -0.314 e. The van der Waals surface area contributed by atoms with Gasteiger partial charge in [-0.05, 0) is 45.4 Å².